The summed E-state index contributed by atoms with van der Waals surface area (Å²) in [7, 11) is 1.63. The molecule has 0 fully saturated rings. The van der Waals surface area contributed by atoms with E-state index in [0.717, 1.165) is 28.4 Å². The molecule has 1 unspecified atom stereocenters. The summed E-state index contributed by atoms with van der Waals surface area (Å²) in [5.74, 6) is 6.40. The lowest BCUT2D eigenvalue weighted by Crippen LogP contribution is -2.30. The number of ether oxygens (including phenoxy) is 1. The SMILES string of the molecule is COc1cnccc1C(Cc1nc(C)c(C)s1)NN. The zero-order valence-corrected chi connectivity index (χ0v) is 12.1. The van der Waals surface area contributed by atoms with E-state index in [1.54, 1.807) is 30.8 Å². The number of hydrogen-bond donors (Lipinski definition) is 2. The van der Waals surface area contributed by atoms with Crippen molar-refractivity contribution in [2.45, 2.75) is 26.3 Å². The molecule has 3 N–H and O–H groups in total. The maximum Gasteiger partial charge on any atom is 0.141 e. The van der Waals surface area contributed by atoms with E-state index in [1.807, 2.05) is 13.0 Å². The fourth-order valence-corrected chi connectivity index (χ4v) is 2.89. The highest BCUT2D eigenvalue weighted by atomic mass is 32.1. The highest BCUT2D eigenvalue weighted by Crippen LogP contribution is 2.28. The van der Waals surface area contributed by atoms with Crippen LogP contribution in [0.15, 0.2) is 18.5 Å². The van der Waals surface area contributed by atoms with Gasteiger partial charge in [0.2, 0.25) is 0 Å². The number of thiazole rings is 1. The van der Waals surface area contributed by atoms with Gasteiger partial charge >= 0.3 is 0 Å². The number of nitrogens with one attached hydrogen (secondary N) is 1. The van der Waals surface area contributed by atoms with Crippen LogP contribution in [0.25, 0.3) is 0 Å². The first kappa shape index (κ1) is 13.9. The van der Waals surface area contributed by atoms with Gasteiger partial charge in [0.1, 0.15) is 5.75 Å². The van der Waals surface area contributed by atoms with Crippen molar-refractivity contribution in [3.8, 4) is 5.75 Å². The molecule has 19 heavy (non-hydrogen) atoms. The van der Waals surface area contributed by atoms with Crippen LogP contribution in [-0.2, 0) is 6.42 Å². The minimum Gasteiger partial charge on any atom is -0.495 e. The Morgan fingerprint density at radius 1 is 1.47 bits per heavy atom. The van der Waals surface area contributed by atoms with Gasteiger partial charge in [0.25, 0.3) is 0 Å². The van der Waals surface area contributed by atoms with Crippen molar-refractivity contribution in [2.24, 2.45) is 5.84 Å². The fraction of sp³-hybridized carbons (Fsp3) is 0.385. The third-order valence-electron chi connectivity index (χ3n) is 3.06. The van der Waals surface area contributed by atoms with Crippen LogP contribution < -0.4 is 16.0 Å². The zero-order chi connectivity index (χ0) is 13.8. The van der Waals surface area contributed by atoms with Crippen LogP contribution in [0.4, 0.5) is 0 Å². The summed E-state index contributed by atoms with van der Waals surface area (Å²) in [5, 5.41) is 1.07. The predicted molar refractivity (Wildman–Crippen MR) is 76.1 cm³/mol. The first-order valence-electron chi connectivity index (χ1n) is 6.02. The number of hydrazine groups is 1. The molecule has 2 aromatic rings. The lowest BCUT2D eigenvalue weighted by Gasteiger charge is -2.17. The standard InChI is InChI=1S/C13H18N4OS/c1-8-9(2)19-13(16-8)6-11(17-14)10-4-5-15-7-12(10)18-3/h4-5,7,11,17H,6,14H2,1-3H3. The molecule has 1 atom stereocenters. The molecule has 0 saturated heterocycles. The monoisotopic (exact) mass is 278 g/mol. The van der Waals surface area contributed by atoms with E-state index in [4.69, 9.17) is 10.6 Å². The maximum atomic E-state index is 5.67. The van der Waals surface area contributed by atoms with E-state index in [0.29, 0.717) is 0 Å². The Kier molecular flexibility index (Phi) is 4.47. The van der Waals surface area contributed by atoms with E-state index < -0.39 is 0 Å². The van der Waals surface area contributed by atoms with Gasteiger partial charge in [-0.05, 0) is 19.9 Å². The summed E-state index contributed by atoms with van der Waals surface area (Å²) in [4.78, 5) is 9.84. The molecule has 0 aliphatic heterocycles. The number of rotatable bonds is 5. The van der Waals surface area contributed by atoms with Crippen LogP contribution >= 0.6 is 11.3 Å². The third-order valence-corrected chi connectivity index (χ3v) is 4.16. The van der Waals surface area contributed by atoms with Gasteiger partial charge in [-0.2, -0.15) is 0 Å². The van der Waals surface area contributed by atoms with Crippen molar-refractivity contribution in [1.29, 1.82) is 0 Å². The summed E-state index contributed by atoms with van der Waals surface area (Å²) in [5.41, 5.74) is 4.90. The summed E-state index contributed by atoms with van der Waals surface area (Å²) in [6, 6.07) is 1.87. The average molecular weight is 278 g/mol. The minimum atomic E-state index is -0.0390. The van der Waals surface area contributed by atoms with E-state index in [-0.39, 0.29) is 6.04 Å². The normalized spacial score (nSPS) is 12.4. The Morgan fingerprint density at radius 2 is 2.26 bits per heavy atom. The van der Waals surface area contributed by atoms with E-state index >= 15 is 0 Å². The van der Waals surface area contributed by atoms with Crippen LogP contribution in [0.1, 0.15) is 27.2 Å². The van der Waals surface area contributed by atoms with Gasteiger partial charge in [0.15, 0.2) is 0 Å². The average Bonchev–Trinajstić information content (AvgIpc) is 2.75. The number of nitrogens with zero attached hydrogens (tertiary/aromatic N) is 2. The Balaban J connectivity index is 2.24. The fourth-order valence-electron chi connectivity index (χ4n) is 1.91. The zero-order valence-electron chi connectivity index (χ0n) is 11.3. The molecule has 5 nitrogen and oxygen atoms in total. The Hall–Kier alpha value is -1.50. The maximum absolute atomic E-state index is 5.67. The summed E-state index contributed by atoms with van der Waals surface area (Å²) in [6.07, 6.45) is 4.16. The lowest BCUT2D eigenvalue weighted by molar-refractivity contribution is 0.397. The molecule has 0 aliphatic rings. The first-order valence-corrected chi connectivity index (χ1v) is 6.84. The van der Waals surface area contributed by atoms with Gasteiger partial charge < -0.3 is 4.74 Å². The molecule has 0 saturated carbocycles. The quantitative estimate of drug-likeness (QED) is 0.645. The predicted octanol–water partition coefficient (Wildman–Crippen LogP) is 1.91. The summed E-state index contributed by atoms with van der Waals surface area (Å²) in [6.45, 7) is 4.10. The Bertz CT molecular complexity index is 536. The molecule has 0 amide bonds. The number of pyridine rings is 1. The second-order valence-corrected chi connectivity index (χ2v) is 5.58. The number of aromatic nitrogens is 2. The molecular weight excluding hydrogens is 260 g/mol. The molecule has 0 spiro atoms. The van der Waals surface area contributed by atoms with Crippen LogP contribution in [0.2, 0.25) is 0 Å². The Morgan fingerprint density at radius 3 is 2.84 bits per heavy atom. The number of hydrogen-bond acceptors (Lipinski definition) is 6. The van der Waals surface area contributed by atoms with E-state index in [1.165, 1.54) is 4.88 Å². The molecule has 0 aromatic carbocycles. The first-order chi connectivity index (χ1) is 9.15. The molecule has 6 heteroatoms. The van der Waals surface area contributed by atoms with Crippen LogP contribution in [0, 0.1) is 13.8 Å². The molecule has 0 radical (unpaired) electrons. The number of aryl methyl sites for hydroxylation is 2. The number of nitrogens with two attached hydrogens (primary N) is 1. The van der Waals surface area contributed by atoms with Crippen molar-refractivity contribution in [1.82, 2.24) is 15.4 Å². The third kappa shape index (κ3) is 3.09. The van der Waals surface area contributed by atoms with Crippen molar-refractivity contribution in [3.63, 3.8) is 0 Å². The minimum absolute atomic E-state index is 0.0390. The highest BCUT2D eigenvalue weighted by molar-refractivity contribution is 7.11. The molecule has 0 bridgehead atoms. The second-order valence-electron chi connectivity index (χ2n) is 4.29. The second kappa shape index (κ2) is 6.10. The van der Waals surface area contributed by atoms with E-state index in [2.05, 4.69) is 22.3 Å². The van der Waals surface area contributed by atoms with Crippen LogP contribution in [-0.4, -0.2) is 17.1 Å². The molecule has 2 aromatic heterocycles. The van der Waals surface area contributed by atoms with Crippen molar-refractivity contribution in [2.75, 3.05) is 7.11 Å². The largest absolute Gasteiger partial charge is 0.495 e. The topological polar surface area (TPSA) is 73.1 Å². The molecule has 2 heterocycles. The van der Waals surface area contributed by atoms with Crippen molar-refractivity contribution >= 4 is 11.3 Å². The molecule has 102 valence electrons. The molecular formula is C13H18N4OS. The van der Waals surface area contributed by atoms with Gasteiger partial charge in [0.05, 0.1) is 30.1 Å². The smallest absolute Gasteiger partial charge is 0.141 e. The lowest BCUT2D eigenvalue weighted by atomic mass is 10.1. The number of methoxy groups -OCH3 is 1. The van der Waals surface area contributed by atoms with Gasteiger partial charge in [0, 0.05) is 23.1 Å². The van der Waals surface area contributed by atoms with Gasteiger partial charge in [-0.25, -0.2) is 4.98 Å². The van der Waals surface area contributed by atoms with Gasteiger partial charge in [-0.1, -0.05) is 0 Å². The van der Waals surface area contributed by atoms with Gasteiger partial charge in [-0.3, -0.25) is 16.3 Å². The van der Waals surface area contributed by atoms with Crippen molar-refractivity contribution in [3.05, 3.63) is 39.6 Å². The molecule has 0 aliphatic carbocycles. The summed E-state index contributed by atoms with van der Waals surface area (Å²) < 4.78 is 5.32. The van der Waals surface area contributed by atoms with Crippen molar-refractivity contribution < 1.29 is 4.74 Å². The highest BCUT2D eigenvalue weighted by Gasteiger charge is 2.17. The molecule has 2 rings (SSSR count). The Labute approximate surface area is 116 Å². The van der Waals surface area contributed by atoms with Gasteiger partial charge in [-0.15, -0.1) is 11.3 Å². The van der Waals surface area contributed by atoms with Crippen LogP contribution in [0.5, 0.6) is 5.75 Å². The van der Waals surface area contributed by atoms with E-state index in [9.17, 15) is 0 Å². The van der Waals surface area contributed by atoms with Crippen LogP contribution in [0.3, 0.4) is 0 Å². The summed E-state index contributed by atoms with van der Waals surface area (Å²) >= 11 is 1.70.